The predicted octanol–water partition coefficient (Wildman–Crippen LogP) is 0.162. The molecule has 7 heteroatoms. The van der Waals surface area contributed by atoms with Gasteiger partial charge in [-0.05, 0) is 18.6 Å². The molecule has 22 heavy (non-hydrogen) atoms. The molecule has 3 heterocycles. The molecule has 2 saturated heterocycles. The van der Waals surface area contributed by atoms with Crippen LogP contribution in [0, 0.1) is 11.3 Å². The molecule has 2 aliphatic heterocycles. The summed E-state index contributed by atoms with van der Waals surface area (Å²) in [6.45, 7) is 2.24. The fraction of sp³-hybridized carbons (Fsp3) is 0.533. The first-order chi connectivity index (χ1) is 10.6. The Morgan fingerprint density at radius 2 is 2.27 bits per heavy atom. The van der Waals surface area contributed by atoms with E-state index in [-0.39, 0.29) is 24.1 Å². The average molecular weight is 302 g/mol. The van der Waals surface area contributed by atoms with Gasteiger partial charge < -0.3 is 14.2 Å². The topological polar surface area (TPSA) is 80.8 Å². The van der Waals surface area contributed by atoms with Crippen molar-refractivity contribution < 1.29 is 14.0 Å². The molecule has 3 rings (SSSR count). The highest BCUT2D eigenvalue weighted by Crippen LogP contribution is 2.33. The van der Waals surface area contributed by atoms with Gasteiger partial charge in [0.05, 0.1) is 18.9 Å². The quantitative estimate of drug-likeness (QED) is 0.727. The van der Waals surface area contributed by atoms with Crippen LogP contribution in [0.4, 0.5) is 0 Å². The SMILES string of the molecule is CN1CCN(CC#N)[C@@]2(CCN(C(=O)c3ccco3)C2)C1=O. The molecule has 1 spiro atoms. The van der Waals surface area contributed by atoms with E-state index in [0.717, 1.165) is 0 Å². The fourth-order valence-corrected chi connectivity index (χ4v) is 3.35. The number of hydrogen-bond acceptors (Lipinski definition) is 5. The van der Waals surface area contributed by atoms with Gasteiger partial charge in [-0.25, -0.2) is 0 Å². The van der Waals surface area contributed by atoms with Gasteiger partial charge in [0, 0.05) is 33.2 Å². The number of nitriles is 1. The summed E-state index contributed by atoms with van der Waals surface area (Å²) in [5.41, 5.74) is -0.773. The normalized spacial score (nSPS) is 25.7. The van der Waals surface area contributed by atoms with E-state index in [9.17, 15) is 9.59 Å². The summed E-state index contributed by atoms with van der Waals surface area (Å²) in [7, 11) is 1.77. The van der Waals surface area contributed by atoms with Crippen LogP contribution in [-0.2, 0) is 4.79 Å². The maximum atomic E-state index is 12.7. The number of piperazine rings is 1. The predicted molar refractivity (Wildman–Crippen MR) is 76.8 cm³/mol. The fourth-order valence-electron chi connectivity index (χ4n) is 3.35. The van der Waals surface area contributed by atoms with Crippen molar-refractivity contribution in [3.63, 3.8) is 0 Å². The third-order valence-corrected chi connectivity index (χ3v) is 4.58. The second-order valence-electron chi connectivity index (χ2n) is 5.79. The van der Waals surface area contributed by atoms with E-state index in [2.05, 4.69) is 6.07 Å². The number of amides is 2. The molecule has 2 amide bonds. The van der Waals surface area contributed by atoms with Crippen LogP contribution in [0.2, 0.25) is 0 Å². The zero-order valence-corrected chi connectivity index (χ0v) is 12.5. The molecule has 0 saturated carbocycles. The molecule has 7 nitrogen and oxygen atoms in total. The lowest BCUT2D eigenvalue weighted by molar-refractivity contribution is -0.148. The highest BCUT2D eigenvalue weighted by atomic mass is 16.3. The van der Waals surface area contributed by atoms with E-state index in [4.69, 9.17) is 9.68 Å². The van der Waals surface area contributed by atoms with Crippen LogP contribution >= 0.6 is 0 Å². The third-order valence-electron chi connectivity index (χ3n) is 4.58. The highest BCUT2D eigenvalue weighted by Gasteiger charge is 2.53. The Bertz CT molecular complexity index is 621. The minimum atomic E-state index is -0.773. The minimum Gasteiger partial charge on any atom is -0.459 e. The van der Waals surface area contributed by atoms with E-state index in [1.807, 2.05) is 4.90 Å². The Hall–Kier alpha value is -2.33. The summed E-state index contributed by atoms with van der Waals surface area (Å²) in [5, 5.41) is 9.03. The van der Waals surface area contributed by atoms with Gasteiger partial charge in [-0.2, -0.15) is 5.26 Å². The van der Waals surface area contributed by atoms with E-state index >= 15 is 0 Å². The van der Waals surface area contributed by atoms with Gasteiger partial charge in [0.1, 0.15) is 5.54 Å². The zero-order chi connectivity index (χ0) is 15.7. The van der Waals surface area contributed by atoms with Crippen LogP contribution < -0.4 is 0 Å². The number of rotatable bonds is 2. The Labute approximate surface area is 128 Å². The molecule has 0 aromatic carbocycles. The second-order valence-corrected chi connectivity index (χ2v) is 5.79. The zero-order valence-electron chi connectivity index (χ0n) is 12.5. The summed E-state index contributed by atoms with van der Waals surface area (Å²) < 4.78 is 5.15. The van der Waals surface area contributed by atoms with Crippen molar-refractivity contribution in [1.82, 2.24) is 14.7 Å². The van der Waals surface area contributed by atoms with Crippen LogP contribution in [-0.4, -0.2) is 71.8 Å². The van der Waals surface area contributed by atoms with Gasteiger partial charge in [0.2, 0.25) is 5.91 Å². The Kier molecular flexibility index (Phi) is 3.62. The van der Waals surface area contributed by atoms with Gasteiger partial charge in [0.25, 0.3) is 5.91 Å². The summed E-state index contributed by atoms with van der Waals surface area (Å²) in [6, 6.07) is 5.42. The lowest BCUT2D eigenvalue weighted by atomic mass is 9.91. The van der Waals surface area contributed by atoms with Crippen LogP contribution in [0.5, 0.6) is 0 Å². The van der Waals surface area contributed by atoms with Gasteiger partial charge in [-0.1, -0.05) is 0 Å². The second kappa shape index (κ2) is 5.46. The molecule has 1 aromatic heterocycles. The molecule has 0 radical (unpaired) electrons. The van der Waals surface area contributed by atoms with Crippen molar-refractivity contribution in [2.24, 2.45) is 0 Å². The summed E-state index contributed by atoms with van der Waals surface area (Å²) in [5.74, 6) is 0.0593. The first-order valence-corrected chi connectivity index (χ1v) is 7.29. The Morgan fingerprint density at radius 1 is 1.45 bits per heavy atom. The maximum absolute atomic E-state index is 12.7. The summed E-state index contributed by atoms with van der Waals surface area (Å²) in [4.78, 5) is 30.3. The molecule has 0 unspecified atom stereocenters. The van der Waals surface area contributed by atoms with Gasteiger partial charge in [-0.3, -0.25) is 14.5 Å². The molecule has 1 atom stereocenters. The standard InChI is InChI=1S/C15H18N4O3/c1-17-8-9-19(7-5-16)15(14(17)21)4-6-18(11-15)13(20)12-3-2-10-22-12/h2-3,10H,4,6-9,11H2,1H3/t15-/m1/s1. The van der Waals surface area contributed by atoms with Crippen molar-refractivity contribution in [2.75, 3.05) is 39.8 Å². The van der Waals surface area contributed by atoms with Crippen LogP contribution in [0.1, 0.15) is 17.0 Å². The largest absolute Gasteiger partial charge is 0.459 e. The number of carbonyl (C=O) groups excluding carboxylic acids is 2. The van der Waals surface area contributed by atoms with Crippen LogP contribution in [0.25, 0.3) is 0 Å². The Morgan fingerprint density at radius 3 is 2.95 bits per heavy atom. The molecule has 116 valence electrons. The number of likely N-dealkylation sites (N-methyl/N-ethyl adjacent to an activating group) is 1. The van der Waals surface area contributed by atoms with Gasteiger partial charge in [0.15, 0.2) is 5.76 Å². The monoisotopic (exact) mass is 302 g/mol. The first-order valence-electron chi connectivity index (χ1n) is 7.29. The molecule has 0 bridgehead atoms. The van der Waals surface area contributed by atoms with Crippen molar-refractivity contribution in [3.8, 4) is 6.07 Å². The maximum Gasteiger partial charge on any atom is 0.289 e. The number of hydrogen-bond donors (Lipinski definition) is 0. The lowest BCUT2D eigenvalue weighted by Gasteiger charge is -2.45. The lowest BCUT2D eigenvalue weighted by Crippen LogP contribution is -2.66. The van der Waals surface area contributed by atoms with Crippen molar-refractivity contribution in [1.29, 1.82) is 5.26 Å². The summed E-state index contributed by atoms with van der Waals surface area (Å²) >= 11 is 0. The third kappa shape index (κ3) is 2.16. The van der Waals surface area contributed by atoms with E-state index in [1.165, 1.54) is 6.26 Å². The van der Waals surface area contributed by atoms with Crippen molar-refractivity contribution in [3.05, 3.63) is 24.2 Å². The van der Waals surface area contributed by atoms with E-state index in [1.54, 1.807) is 29.0 Å². The first kappa shape index (κ1) is 14.6. The summed E-state index contributed by atoms with van der Waals surface area (Å²) in [6.07, 6.45) is 2.00. The van der Waals surface area contributed by atoms with E-state index in [0.29, 0.717) is 32.6 Å². The number of likely N-dealkylation sites (tertiary alicyclic amines) is 1. The molecule has 0 aliphatic carbocycles. The van der Waals surface area contributed by atoms with Crippen LogP contribution in [0.3, 0.4) is 0 Å². The molecular weight excluding hydrogens is 284 g/mol. The smallest absolute Gasteiger partial charge is 0.289 e. The van der Waals surface area contributed by atoms with Crippen LogP contribution in [0.15, 0.2) is 22.8 Å². The molecule has 2 fully saturated rings. The molecular formula is C15H18N4O3. The number of furan rings is 1. The molecule has 2 aliphatic rings. The highest BCUT2D eigenvalue weighted by molar-refractivity contribution is 5.94. The Balaban J connectivity index is 1.84. The molecule has 0 N–H and O–H groups in total. The van der Waals surface area contributed by atoms with Gasteiger partial charge in [-0.15, -0.1) is 0 Å². The number of carbonyl (C=O) groups is 2. The van der Waals surface area contributed by atoms with E-state index < -0.39 is 5.54 Å². The van der Waals surface area contributed by atoms with Crippen molar-refractivity contribution in [2.45, 2.75) is 12.0 Å². The minimum absolute atomic E-state index is 0.0104. The van der Waals surface area contributed by atoms with Crippen molar-refractivity contribution >= 4 is 11.8 Å². The average Bonchev–Trinajstić information content (AvgIpc) is 3.18. The molecule has 1 aromatic rings. The number of nitrogens with zero attached hydrogens (tertiary/aromatic N) is 4. The van der Waals surface area contributed by atoms with Gasteiger partial charge >= 0.3 is 0 Å².